The lowest BCUT2D eigenvalue weighted by Gasteiger charge is -2.08. The molecule has 4 nitrogen and oxygen atoms in total. The van der Waals surface area contributed by atoms with E-state index in [1.54, 1.807) is 0 Å². The van der Waals surface area contributed by atoms with Crippen molar-refractivity contribution in [3.63, 3.8) is 0 Å². The van der Waals surface area contributed by atoms with Crippen LogP contribution in [0.15, 0.2) is 24.3 Å². The Kier molecular flexibility index (Phi) is 6.69. The Morgan fingerprint density at radius 3 is 2.56 bits per heavy atom. The van der Waals surface area contributed by atoms with Crippen LogP contribution in [-0.4, -0.2) is 19.1 Å². The zero-order valence-electron chi connectivity index (χ0n) is 10.9. The summed E-state index contributed by atoms with van der Waals surface area (Å²) in [5.74, 6) is 0.193. The predicted molar refractivity (Wildman–Crippen MR) is 73.8 cm³/mol. The van der Waals surface area contributed by atoms with E-state index in [4.69, 9.17) is 10.5 Å². The number of nitrogens with one attached hydrogen (secondary N) is 1. The highest BCUT2D eigenvalue weighted by Crippen LogP contribution is 2.15. The summed E-state index contributed by atoms with van der Waals surface area (Å²) in [5.41, 5.74) is 6.07. The number of carbonyl (C=O) groups excluding carboxylic acids is 1. The van der Waals surface area contributed by atoms with E-state index in [1.807, 2.05) is 24.3 Å². The standard InChI is InChI=1S/C14H22N2O2/c1-2-3-4-5-10-16-12-6-8-13(9-7-12)18-11-14(15)17/h6-9,16H,2-5,10-11H2,1H3,(H2,15,17). The first-order valence-corrected chi connectivity index (χ1v) is 6.47. The molecular weight excluding hydrogens is 228 g/mol. The Morgan fingerprint density at radius 1 is 1.22 bits per heavy atom. The van der Waals surface area contributed by atoms with Gasteiger partial charge in [-0.2, -0.15) is 0 Å². The molecule has 1 rings (SSSR count). The molecule has 0 atom stereocenters. The topological polar surface area (TPSA) is 64.3 Å². The highest BCUT2D eigenvalue weighted by Gasteiger charge is 1.97. The largest absolute Gasteiger partial charge is 0.484 e. The highest BCUT2D eigenvalue weighted by molar-refractivity contribution is 5.75. The van der Waals surface area contributed by atoms with Crippen LogP contribution < -0.4 is 15.8 Å². The predicted octanol–water partition coefficient (Wildman–Crippen LogP) is 2.54. The molecule has 1 aromatic carbocycles. The molecule has 0 bridgehead atoms. The molecule has 0 radical (unpaired) electrons. The van der Waals surface area contributed by atoms with Crippen LogP contribution in [0.5, 0.6) is 5.75 Å². The van der Waals surface area contributed by atoms with Crippen molar-refractivity contribution in [2.75, 3.05) is 18.5 Å². The molecule has 18 heavy (non-hydrogen) atoms. The molecule has 0 aliphatic carbocycles. The van der Waals surface area contributed by atoms with Crippen molar-refractivity contribution in [2.45, 2.75) is 32.6 Å². The Morgan fingerprint density at radius 2 is 1.94 bits per heavy atom. The van der Waals surface area contributed by atoms with Gasteiger partial charge in [0.05, 0.1) is 0 Å². The fraction of sp³-hybridized carbons (Fsp3) is 0.500. The molecule has 4 heteroatoms. The number of primary amides is 1. The number of hydrogen-bond donors (Lipinski definition) is 2. The van der Waals surface area contributed by atoms with Gasteiger partial charge in [0.15, 0.2) is 6.61 Å². The van der Waals surface area contributed by atoms with Gasteiger partial charge in [0.25, 0.3) is 5.91 Å². The first-order chi connectivity index (χ1) is 8.72. The van der Waals surface area contributed by atoms with Crippen molar-refractivity contribution in [1.82, 2.24) is 0 Å². The molecule has 1 amide bonds. The van der Waals surface area contributed by atoms with E-state index < -0.39 is 5.91 Å². The summed E-state index contributed by atoms with van der Waals surface area (Å²) in [7, 11) is 0. The smallest absolute Gasteiger partial charge is 0.255 e. The van der Waals surface area contributed by atoms with Gasteiger partial charge < -0.3 is 15.8 Å². The van der Waals surface area contributed by atoms with Crippen molar-refractivity contribution >= 4 is 11.6 Å². The maximum absolute atomic E-state index is 10.6. The van der Waals surface area contributed by atoms with Gasteiger partial charge in [-0.1, -0.05) is 26.2 Å². The molecule has 0 aromatic heterocycles. The van der Waals surface area contributed by atoms with Crippen molar-refractivity contribution in [3.05, 3.63) is 24.3 Å². The number of unbranched alkanes of at least 4 members (excludes halogenated alkanes) is 3. The van der Waals surface area contributed by atoms with Crippen molar-refractivity contribution < 1.29 is 9.53 Å². The van der Waals surface area contributed by atoms with Crippen molar-refractivity contribution in [3.8, 4) is 5.75 Å². The SMILES string of the molecule is CCCCCCNc1ccc(OCC(N)=O)cc1. The van der Waals surface area contributed by atoms with Gasteiger partial charge in [-0.3, -0.25) is 4.79 Å². The molecule has 0 saturated carbocycles. The second kappa shape index (κ2) is 8.39. The average molecular weight is 250 g/mol. The maximum atomic E-state index is 10.6. The van der Waals surface area contributed by atoms with E-state index in [0.717, 1.165) is 12.2 Å². The molecule has 1 aromatic rings. The fourth-order valence-corrected chi connectivity index (χ4v) is 1.61. The van der Waals surface area contributed by atoms with E-state index in [2.05, 4.69) is 12.2 Å². The molecule has 0 saturated heterocycles. The molecule has 0 aliphatic heterocycles. The van der Waals surface area contributed by atoms with Gasteiger partial charge in [-0.25, -0.2) is 0 Å². The second-order valence-corrected chi connectivity index (χ2v) is 4.27. The molecule has 0 fully saturated rings. The number of carbonyl (C=O) groups is 1. The van der Waals surface area contributed by atoms with Crippen LogP contribution in [0.1, 0.15) is 32.6 Å². The van der Waals surface area contributed by atoms with Gasteiger partial charge in [-0.05, 0) is 30.7 Å². The normalized spacial score (nSPS) is 10.1. The van der Waals surface area contributed by atoms with Crippen LogP contribution in [0.4, 0.5) is 5.69 Å². The first-order valence-electron chi connectivity index (χ1n) is 6.47. The third-order valence-corrected chi connectivity index (χ3v) is 2.59. The molecular formula is C14H22N2O2. The quantitative estimate of drug-likeness (QED) is 0.662. The minimum absolute atomic E-state index is 0.0796. The molecule has 0 heterocycles. The third-order valence-electron chi connectivity index (χ3n) is 2.59. The van der Waals surface area contributed by atoms with E-state index in [1.165, 1.54) is 25.7 Å². The molecule has 3 N–H and O–H groups in total. The summed E-state index contributed by atoms with van der Waals surface area (Å²) in [5, 5.41) is 3.35. The summed E-state index contributed by atoms with van der Waals surface area (Å²) >= 11 is 0. The van der Waals surface area contributed by atoms with Gasteiger partial charge in [-0.15, -0.1) is 0 Å². The van der Waals surface area contributed by atoms with Gasteiger partial charge in [0.2, 0.25) is 0 Å². The van der Waals surface area contributed by atoms with Crippen LogP contribution >= 0.6 is 0 Å². The molecule has 0 aliphatic rings. The number of anilines is 1. The Labute approximate surface area is 109 Å². The Bertz CT molecular complexity index is 349. The highest BCUT2D eigenvalue weighted by atomic mass is 16.5. The van der Waals surface area contributed by atoms with Gasteiger partial charge in [0, 0.05) is 12.2 Å². The molecule has 0 spiro atoms. The van der Waals surface area contributed by atoms with Gasteiger partial charge in [0.1, 0.15) is 5.75 Å². The van der Waals surface area contributed by atoms with E-state index in [-0.39, 0.29) is 6.61 Å². The van der Waals surface area contributed by atoms with E-state index in [9.17, 15) is 4.79 Å². The van der Waals surface area contributed by atoms with Crippen LogP contribution in [0, 0.1) is 0 Å². The number of nitrogens with two attached hydrogens (primary N) is 1. The summed E-state index contributed by atoms with van der Waals surface area (Å²) in [6.07, 6.45) is 5.00. The third kappa shape index (κ3) is 6.13. The summed E-state index contributed by atoms with van der Waals surface area (Å²) < 4.78 is 5.18. The van der Waals surface area contributed by atoms with Gasteiger partial charge >= 0.3 is 0 Å². The molecule has 0 unspecified atom stereocenters. The number of rotatable bonds is 9. The minimum atomic E-state index is -0.465. The van der Waals surface area contributed by atoms with Crippen LogP contribution in [0.2, 0.25) is 0 Å². The zero-order chi connectivity index (χ0) is 13.2. The number of benzene rings is 1. The Balaban J connectivity index is 2.25. The van der Waals surface area contributed by atoms with E-state index >= 15 is 0 Å². The second-order valence-electron chi connectivity index (χ2n) is 4.27. The van der Waals surface area contributed by atoms with E-state index in [0.29, 0.717) is 5.75 Å². The Hall–Kier alpha value is -1.71. The molecule has 100 valence electrons. The zero-order valence-corrected chi connectivity index (χ0v) is 10.9. The lowest BCUT2D eigenvalue weighted by molar-refractivity contribution is -0.119. The average Bonchev–Trinajstić information content (AvgIpc) is 2.37. The number of amides is 1. The van der Waals surface area contributed by atoms with Crippen LogP contribution in [0.3, 0.4) is 0 Å². The summed E-state index contributed by atoms with van der Waals surface area (Å²) in [6.45, 7) is 3.11. The lowest BCUT2D eigenvalue weighted by atomic mass is 10.2. The number of hydrogen-bond acceptors (Lipinski definition) is 3. The fourth-order valence-electron chi connectivity index (χ4n) is 1.61. The summed E-state index contributed by atoms with van der Waals surface area (Å²) in [4.78, 5) is 10.6. The van der Waals surface area contributed by atoms with Crippen LogP contribution in [-0.2, 0) is 4.79 Å². The lowest BCUT2D eigenvalue weighted by Crippen LogP contribution is -2.19. The minimum Gasteiger partial charge on any atom is -0.484 e. The summed E-state index contributed by atoms with van der Waals surface area (Å²) in [6, 6.07) is 7.54. The monoisotopic (exact) mass is 250 g/mol. The van der Waals surface area contributed by atoms with Crippen LogP contribution in [0.25, 0.3) is 0 Å². The van der Waals surface area contributed by atoms with Crippen molar-refractivity contribution in [2.24, 2.45) is 5.73 Å². The number of ether oxygens (including phenoxy) is 1. The first kappa shape index (κ1) is 14.4. The van der Waals surface area contributed by atoms with Crippen molar-refractivity contribution in [1.29, 1.82) is 0 Å². The maximum Gasteiger partial charge on any atom is 0.255 e.